The Labute approximate surface area is 91.0 Å². The molecule has 0 unspecified atom stereocenters. The average molecular weight is 209 g/mol. The fourth-order valence-corrected chi connectivity index (χ4v) is 1.61. The van der Waals surface area contributed by atoms with Gasteiger partial charge in [-0.15, -0.1) is 0 Å². The highest BCUT2D eigenvalue weighted by atomic mass is 16.1. The van der Waals surface area contributed by atoms with E-state index in [4.69, 9.17) is 5.26 Å². The topological polar surface area (TPSA) is 64.9 Å². The van der Waals surface area contributed by atoms with Crippen LogP contribution in [-0.4, -0.2) is 25.5 Å². The van der Waals surface area contributed by atoms with Crippen LogP contribution >= 0.6 is 0 Å². The van der Waals surface area contributed by atoms with E-state index in [1.807, 2.05) is 6.07 Å². The number of nitriles is 1. The van der Waals surface area contributed by atoms with Crippen molar-refractivity contribution < 1.29 is 4.79 Å². The fraction of sp³-hybridized carbons (Fsp3) is 0.818. The SMILES string of the molecule is N#CCCNC(=O)CNCCC1CCC1. The average Bonchev–Trinajstić information content (AvgIpc) is 2.15. The number of hydrogen-bond donors (Lipinski definition) is 2. The van der Waals surface area contributed by atoms with Crippen molar-refractivity contribution in [3.05, 3.63) is 0 Å². The quantitative estimate of drug-likeness (QED) is 0.609. The Morgan fingerprint density at radius 3 is 2.80 bits per heavy atom. The van der Waals surface area contributed by atoms with Crippen molar-refractivity contribution in [2.75, 3.05) is 19.6 Å². The molecule has 1 saturated carbocycles. The van der Waals surface area contributed by atoms with Gasteiger partial charge >= 0.3 is 0 Å². The van der Waals surface area contributed by atoms with E-state index >= 15 is 0 Å². The lowest BCUT2D eigenvalue weighted by atomic mass is 9.83. The second kappa shape index (κ2) is 7.24. The molecule has 1 rings (SSSR count). The highest BCUT2D eigenvalue weighted by Crippen LogP contribution is 2.28. The van der Waals surface area contributed by atoms with Crippen LogP contribution in [0.3, 0.4) is 0 Å². The van der Waals surface area contributed by atoms with Crippen molar-refractivity contribution in [3.8, 4) is 6.07 Å². The third-order valence-corrected chi connectivity index (χ3v) is 2.80. The Morgan fingerprint density at radius 1 is 1.40 bits per heavy atom. The van der Waals surface area contributed by atoms with E-state index in [2.05, 4.69) is 10.6 Å². The molecule has 4 nitrogen and oxygen atoms in total. The lowest BCUT2D eigenvalue weighted by Gasteiger charge is -2.25. The minimum absolute atomic E-state index is 0.0149. The van der Waals surface area contributed by atoms with E-state index in [1.165, 1.54) is 25.7 Å². The lowest BCUT2D eigenvalue weighted by molar-refractivity contribution is -0.120. The van der Waals surface area contributed by atoms with Crippen LogP contribution in [0.25, 0.3) is 0 Å². The maximum absolute atomic E-state index is 11.2. The molecule has 1 fully saturated rings. The van der Waals surface area contributed by atoms with E-state index < -0.39 is 0 Å². The standard InChI is InChI=1S/C11H19N3O/c12-6-2-7-14-11(15)9-13-8-5-10-3-1-4-10/h10,13H,1-5,7-9H2,(H,14,15). The van der Waals surface area contributed by atoms with Gasteiger partial charge in [-0.25, -0.2) is 0 Å². The molecule has 2 N–H and O–H groups in total. The van der Waals surface area contributed by atoms with Crippen LogP contribution in [0.5, 0.6) is 0 Å². The highest BCUT2D eigenvalue weighted by Gasteiger charge is 2.16. The van der Waals surface area contributed by atoms with Crippen LogP contribution < -0.4 is 10.6 Å². The molecule has 0 bridgehead atoms. The van der Waals surface area contributed by atoms with Crippen LogP contribution in [0.1, 0.15) is 32.1 Å². The largest absolute Gasteiger partial charge is 0.354 e. The molecule has 0 aromatic heterocycles. The maximum Gasteiger partial charge on any atom is 0.233 e. The van der Waals surface area contributed by atoms with Crippen molar-refractivity contribution in [2.24, 2.45) is 5.92 Å². The normalized spacial score (nSPS) is 15.4. The maximum atomic E-state index is 11.2. The molecule has 0 radical (unpaired) electrons. The summed E-state index contributed by atoms with van der Waals surface area (Å²) in [6.45, 7) is 1.76. The summed E-state index contributed by atoms with van der Waals surface area (Å²) in [5, 5.41) is 14.1. The summed E-state index contributed by atoms with van der Waals surface area (Å²) in [5.41, 5.74) is 0. The molecule has 84 valence electrons. The molecule has 15 heavy (non-hydrogen) atoms. The monoisotopic (exact) mass is 209 g/mol. The lowest BCUT2D eigenvalue weighted by Crippen LogP contribution is -2.35. The molecule has 0 aromatic carbocycles. The molecule has 4 heteroatoms. The van der Waals surface area contributed by atoms with Gasteiger partial charge in [-0.3, -0.25) is 4.79 Å². The summed E-state index contributed by atoms with van der Waals surface area (Å²) in [7, 11) is 0. The molecule has 0 atom stereocenters. The van der Waals surface area contributed by atoms with Crippen LogP contribution in [-0.2, 0) is 4.79 Å². The van der Waals surface area contributed by atoms with Crippen molar-refractivity contribution in [3.63, 3.8) is 0 Å². The first-order valence-electron chi connectivity index (χ1n) is 5.67. The number of nitrogens with zero attached hydrogens (tertiary/aromatic N) is 1. The van der Waals surface area contributed by atoms with Crippen LogP contribution in [0.4, 0.5) is 0 Å². The number of carbonyl (C=O) groups excluding carboxylic acids is 1. The Bertz CT molecular complexity index is 230. The Morgan fingerprint density at radius 2 is 2.20 bits per heavy atom. The Kier molecular flexibility index (Phi) is 5.79. The van der Waals surface area contributed by atoms with Gasteiger partial charge in [0.1, 0.15) is 0 Å². The van der Waals surface area contributed by atoms with E-state index in [1.54, 1.807) is 0 Å². The first kappa shape index (κ1) is 12.0. The molecule has 1 aliphatic carbocycles. The Balaban J connectivity index is 1.85. The first-order chi connectivity index (χ1) is 7.33. The van der Waals surface area contributed by atoms with Gasteiger partial charge in [0, 0.05) is 6.54 Å². The zero-order valence-electron chi connectivity index (χ0n) is 9.09. The zero-order chi connectivity index (χ0) is 10.9. The van der Waals surface area contributed by atoms with Crippen LogP contribution in [0.15, 0.2) is 0 Å². The smallest absolute Gasteiger partial charge is 0.233 e. The molecule has 0 aromatic rings. The van der Waals surface area contributed by atoms with Crippen molar-refractivity contribution >= 4 is 5.91 Å². The minimum Gasteiger partial charge on any atom is -0.354 e. The van der Waals surface area contributed by atoms with Crippen molar-refractivity contribution in [2.45, 2.75) is 32.1 Å². The number of hydrogen-bond acceptors (Lipinski definition) is 3. The minimum atomic E-state index is -0.0149. The first-order valence-corrected chi connectivity index (χ1v) is 5.67. The van der Waals surface area contributed by atoms with Gasteiger partial charge in [0.15, 0.2) is 0 Å². The molecular weight excluding hydrogens is 190 g/mol. The predicted octanol–water partition coefficient (Wildman–Crippen LogP) is 0.796. The molecule has 1 amide bonds. The van der Waals surface area contributed by atoms with Gasteiger partial charge in [-0.2, -0.15) is 5.26 Å². The summed E-state index contributed by atoms with van der Waals surface area (Å²) in [5.74, 6) is 0.873. The van der Waals surface area contributed by atoms with Gasteiger partial charge in [-0.05, 0) is 18.9 Å². The summed E-state index contributed by atoms with van der Waals surface area (Å²) >= 11 is 0. The molecule has 1 aliphatic rings. The summed E-state index contributed by atoms with van der Waals surface area (Å²) in [6.07, 6.45) is 5.66. The van der Waals surface area contributed by atoms with Gasteiger partial charge in [0.2, 0.25) is 5.91 Å². The van der Waals surface area contributed by atoms with Crippen molar-refractivity contribution in [1.29, 1.82) is 5.26 Å². The second-order valence-corrected chi connectivity index (χ2v) is 4.02. The summed E-state index contributed by atoms with van der Waals surface area (Å²) < 4.78 is 0. The number of amides is 1. The third-order valence-electron chi connectivity index (χ3n) is 2.80. The number of nitrogens with one attached hydrogen (secondary N) is 2. The Hall–Kier alpha value is -1.08. The van der Waals surface area contributed by atoms with Crippen LogP contribution in [0, 0.1) is 17.2 Å². The molecule has 0 spiro atoms. The van der Waals surface area contributed by atoms with Crippen molar-refractivity contribution in [1.82, 2.24) is 10.6 Å². The molecule has 0 aliphatic heterocycles. The van der Waals surface area contributed by atoms with E-state index in [-0.39, 0.29) is 5.91 Å². The summed E-state index contributed by atoms with van der Waals surface area (Å²) in [6, 6.07) is 1.99. The zero-order valence-corrected chi connectivity index (χ0v) is 9.09. The van der Waals surface area contributed by atoms with Gasteiger partial charge < -0.3 is 10.6 Å². The van der Waals surface area contributed by atoms with E-state index in [0.29, 0.717) is 19.5 Å². The highest BCUT2D eigenvalue weighted by molar-refractivity contribution is 5.77. The van der Waals surface area contributed by atoms with Gasteiger partial charge in [-0.1, -0.05) is 19.3 Å². The number of carbonyl (C=O) groups is 1. The molecule has 0 heterocycles. The van der Waals surface area contributed by atoms with Crippen LogP contribution in [0.2, 0.25) is 0 Å². The molecule has 0 saturated heterocycles. The third kappa shape index (κ3) is 5.38. The fourth-order valence-electron chi connectivity index (χ4n) is 1.61. The number of rotatable bonds is 7. The molecular formula is C11H19N3O. The van der Waals surface area contributed by atoms with Gasteiger partial charge in [0.05, 0.1) is 19.0 Å². The van der Waals surface area contributed by atoms with Gasteiger partial charge in [0.25, 0.3) is 0 Å². The van der Waals surface area contributed by atoms with E-state index in [9.17, 15) is 4.79 Å². The summed E-state index contributed by atoms with van der Waals surface area (Å²) in [4.78, 5) is 11.2. The predicted molar refractivity (Wildman–Crippen MR) is 58.1 cm³/mol. The second-order valence-electron chi connectivity index (χ2n) is 4.02. The van der Waals surface area contributed by atoms with E-state index in [0.717, 1.165) is 12.5 Å².